The Morgan fingerprint density at radius 1 is 1.36 bits per heavy atom. The van der Waals surface area contributed by atoms with Crippen molar-refractivity contribution in [2.24, 2.45) is 0 Å². The molecule has 6 heteroatoms. The number of nitrogens with one attached hydrogen (secondary N) is 3. The van der Waals surface area contributed by atoms with Gasteiger partial charge in [-0.1, -0.05) is 17.7 Å². The van der Waals surface area contributed by atoms with Gasteiger partial charge in [0.25, 0.3) is 5.91 Å². The van der Waals surface area contributed by atoms with E-state index in [0.29, 0.717) is 25.4 Å². The van der Waals surface area contributed by atoms with Crippen LogP contribution in [0.4, 0.5) is 0 Å². The first-order valence-electron chi connectivity index (χ1n) is 7.48. The molecule has 1 aliphatic rings. The van der Waals surface area contributed by atoms with Gasteiger partial charge >= 0.3 is 0 Å². The molecule has 0 spiro atoms. The summed E-state index contributed by atoms with van der Waals surface area (Å²) in [5, 5.41) is 13.2. The van der Waals surface area contributed by atoms with Crippen LogP contribution in [0.25, 0.3) is 0 Å². The number of hydrogen-bond donors (Lipinski definition) is 3. The minimum atomic E-state index is -0.159. The molecule has 6 nitrogen and oxygen atoms in total. The van der Waals surface area contributed by atoms with Gasteiger partial charge in [0.05, 0.1) is 6.54 Å². The smallest absolute Gasteiger partial charge is 0.272 e. The zero-order valence-electron chi connectivity index (χ0n) is 12.6. The molecule has 2 aromatic rings. The molecule has 2 heterocycles. The summed E-state index contributed by atoms with van der Waals surface area (Å²) in [5.74, 6) is 0.648. The predicted octanol–water partition coefficient (Wildman–Crippen LogP) is 1.17. The second-order valence-corrected chi connectivity index (χ2v) is 5.37. The van der Waals surface area contributed by atoms with Gasteiger partial charge in [0, 0.05) is 30.8 Å². The number of aromatic amines is 1. The summed E-state index contributed by atoms with van der Waals surface area (Å²) < 4.78 is 5.59. The summed E-state index contributed by atoms with van der Waals surface area (Å²) >= 11 is 0. The van der Waals surface area contributed by atoms with E-state index in [9.17, 15) is 4.79 Å². The van der Waals surface area contributed by atoms with Gasteiger partial charge in [-0.2, -0.15) is 5.10 Å². The standard InChI is InChI=1S/C16H20N4O2/c1-11-2-4-12(5-3-11)22-9-8-18-16(21)15-13-10-17-7-6-14(13)19-20-15/h2-5,17H,6-10H2,1H3,(H,18,21)(H,19,20). The van der Waals surface area contributed by atoms with Gasteiger partial charge in [0.1, 0.15) is 12.4 Å². The number of carbonyl (C=O) groups is 1. The number of rotatable bonds is 5. The van der Waals surface area contributed by atoms with Crippen molar-refractivity contribution in [2.75, 3.05) is 19.7 Å². The van der Waals surface area contributed by atoms with E-state index in [1.807, 2.05) is 31.2 Å². The van der Waals surface area contributed by atoms with Crippen LogP contribution < -0.4 is 15.4 Å². The quantitative estimate of drug-likeness (QED) is 0.724. The van der Waals surface area contributed by atoms with Crippen molar-refractivity contribution in [3.8, 4) is 5.75 Å². The molecule has 0 saturated carbocycles. The van der Waals surface area contributed by atoms with Crippen molar-refractivity contribution < 1.29 is 9.53 Å². The lowest BCUT2D eigenvalue weighted by Gasteiger charge is -2.13. The third-order valence-electron chi connectivity index (χ3n) is 3.70. The topological polar surface area (TPSA) is 79.0 Å². The van der Waals surface area contributed by atoms with Crippen molar-refractivity contribution >= 4 is 5.91 Å². The summed E-state index contributed by atoms with van der Waals surface area (Å²) in [4.78, 5) is 12.2. The molecule has 0 bridgehead atoms. The third-order valence-corrected chi connectivity index (χ3v) is 3.70. The lowest BCUT2D eigenvalue weighted by Crippen LogP contribution is -2.31. The SMILES string of the molecule is Cc1ccc(OCCNC(=O)c2n[nH]c3c2CNCC3)cc1. The predicted molar refractivity (Wildman–Crippen MR) is 83.0 cm³/mol. The van der Waals surface area contributed by atoms with Gasteiger partial charge in [-0.05, 0) is 19.1 Å². The molecule has 3 N–H and O–H groups in total. The van der Waals surface area contributed by atoms with Crippen LogP contribution in [0, 0.1) is 6.92 Å². The van der Waals surface area contributed by atoms with E-state index in [-0.39, 0.29) is 5.91 Å². The Balaban J connectivity index is 1.48. The Bertz CT molecular complexity index is 649. The van der Waals surface area contributed by atoms with Crippen LogP contribution in [0.5, 0.6) is 5.75 Å². The molecule has 116 valence electrons. The van der Waals surface area contributed by atoms with Gasteiger partial charge < -0.3 is 15.4 Å². The summed E-state index contributed by atoms with van der Waals surface area (Å²) in [6.07, 6.45) is 0.881. The molecule has 0 radical (unpaired) electrons. The molecule has 0 aliphatic carbocycles. The summed E-state index contributed by atoms with van der Waals surface area (Å²) in [6.45, 7) is 4.51. The third kappa shape index (κ3) is 3.28. The Morgan fingerprint density at radius 3 is 3.00 bits per heavy atom. The van der Waals surface area contributed by atoms with Crippen LogP contribution in [-0.2, 0) is 13.0 Å². The Morgan fingerprint density at radius 2 is 2.18 bits per heavy atom. The van der Waals surface area contributed by atoms with Crippen molar-refractivity contribution in [2.45, 2.75) is 19.9 Å². The Kier molecular flexibility index (Phi) is 4.39. The molecule has 1 aromatic heterocycles. The minimum Gasteiger partial charge on any atom is -0.492 e. The first kappa shape index (κ1) is 14.6. The summed E-state index contributed by atoms with van der Waals surface area (Å²) in [5.41, 5.74) is 3.71. The molecule has 1 amide bonds. The maximum absolute atomic E-state index is 12.2. The summed E-state index contributed by atoms with van der Waals surface area (Å²) in [6, 6.07) is 7.84. The number of fused-ring (bicyclic) bond motifs is 1. The molecule has 0 fully saturated rings. The number of H-pyrrole nitrogens is 1. The van der Waals surface area contributed by atoms with Gasteiger partial charge in [0.15, 0.2) is 5.69 Å². The van der Waals surface area contributed by atoms with Crippen molar-refractivity contribution in [1.29, 1.82) is 0 Å². The maximum Gasteiger partial charge on any atom is 0.272 e. The monoisotopic (exact) mass is 300 g/mol. The number of aryl methyl sites for hydroxylation is 1. The molecule has 0 unspecified atom stereocenters. The van der Waals surface area contributed by atoms with Crippen molar-refractivity contribution in [3.63, 3.8) is 0 Å². The summed E-state index contributed by atoms with van der Waals surface area (Å²) in [7, 11) is 0. The van der Waals surface area contributed by atoms with Gasteiger partial charge in [0.2, 0.25) is 0 Å². The average molecular weight is 300 g/mol. The number of hydrogen-bond acceptors (Lipinski definition) is 4. The van der Waals surface area contributed by atoms with Gasteiger partial charge in [-0.25, -0.2) is 0 Å². The second kappa shape index (κ2) is 6.62. The molecule has 0 saturated heterocycles. The lowest BCUT2D eigenvalue weighted by molar-refractivity contribution is 0.0941. The number of carbonyl (C=O) groups excluding carboxylic acids is 1. The highest BCUT2D eigenvalue weighted by molar-refractivity contribution is 5.94. The zero-order valence-corrected chi connectivity index (χ0v) is 12.6. The van der Waals surface area contributed by atoms with Crippen molar-refractivity contribution in [1.82, 2.24) is 20.8 Å². The van der Waals surface area contributed by atoms with Crippen LogP contribution in [0.3, 0.4) is 0 Å². The number of nitrogens with zero attached hydrogens (tertiary/aromatic N) is 1. The van der Waals surface area contributed by atoms with E-state index in [1.54, 1.807) is 0 Å². The average Bonchev–Trinajstić information content (AvgIpc) is 2.97. The number of ether oxygens (including phenoxy) is 1. The normalized spacial score (nSPS) is 13.5. The second-order valence-electron chi connectivity index (χ2n) is 5.37. The van der Waals surface area contributed by atoms with Crippen LogP contribution >= 0.6 is 0 Å². The fourth-order valence-corrected chi connectivity index (χ4v) is 2.46. The first-order chi connectivity index (χ1) is 10.7. The fraction of sp³-hybridized carbons (Fsp3) is 0.375. The van der Waals surface area contributed by atoms with E-state index >= 15 is 0 Å². The van der Waals surface area contributed by atoms with E-state index < -0.39 is 0 Å². The van der Waals surface area contributed by atoms with Gasteiger partial charge in [-0.15, -0.1) is 0 Å². The Hall–Kier alpha value is -2.34. The van der Waals surface area contributed by atoms with E-state index in [0.717, 1.165) is 30.0 Å². The van der Waals surface area contributed by atoms with Gasteiger partial charge in [-0.3, -0.25) is 9.89 Å². The minimum absolute atomic E-state index is 0.159. The first-order valence-corrected chi connectivity index (χ1v) is 7.48. The highest BCUT2D eigenvalue weighted by Crippen LogP contribution is 2.15. The molecule has 0 atom stereocenters. The molecule has 1 aromatic carbocycles. The highest BCUT2D eigenvalue weighted by Gasteiger charge is 2.21. The Labute approximate surface area is 129 Å². The maximum atomic E-state index is 12.2. The van der Waals surface area contributed by atoms with E-state index in [4.69, 9.17) is 4.74 Å². The number of amides is 1. The van der Waals surface area contributed by atoms with Crippen LogP contribution in [0.15, 0.2) is 24.3 Å². The molecule has 3 rings (SSSR count). The van der Waals surface area contributed by atoms with E-state index in [1.165, 1.54) is 5.56 Å². The number of aromatic nitrogens is 2. The molecule has 1 aliphatic heterocycles. The number of benzene rings is 1. The highest BCUT2D eigenvalue weighted by atomic mass is 16.5. The molecular formula is C16H20N4O2. The fourth-order valence-electron chi connectivity index (χ4n) is 2.46. The van der Waals surface area contributed by atoms with Crippen LogP contribution in [0.2, 0.25) is 0 Å². The van der Waals surface area contributed by atoms with Crippen molar-refractivity contribution in [3.05, 3.63) is 46.8 Å². The lowest BCUT2D eigenvalue weighted by atomic mass is 10.1. The van der Waals surface area contributed by atoms with E-state index in [2.05, 4.69) is 20.8 Å². The zero-order chi connectivity index (χ0) is 15.4. The molecule has 22 heavy (non-hydrogen) atoms. The van der Waals surface area contributed by atoms with Crippen LogP contribution in [0.1, 0.15) is 27.3 Å². The largest absolute Gasteiger partial charge is 0.492 e. The van der Waals surface area contributed by atoms with Crippen LogP contribution in [-0.4, -0.2) is 35.8 Å². The molecular weight excluding hydrogens is 280 g/mol.